The van der Waals surface area contributed by atoms with Crippen molar-refractivity contribution in [2.75, 3.05) is 0 Å². The van der Waals surface area contributed by atoms with Crippen LogP contribution in [0.15, 0.2) is 174 Å². The van der Waals surface area contributed by atoms with Gasteiger partial charge in [0, 0.05) is 36.3 Å². The van der Waals surface area contributed by atoms with Crippen molar-refractivity contribution in [1.29, 1.82) is 0 Å². The number of hydrogen-bond acceptors (Lipinski definition) is 2. The van der Waals surface area contributed by atoms with E-state index in [-0.39, 0.29) is 0 Å². The monoisotopic (exact) mass is 704 g/mol. The lowest BCUT2D eigenvalue weighted by atomic mass is 9.81. The summed E-state index contributed by atoms with van der Waals surface area (Å²) in [7, 11) is 0. The molecule has 0 unspecified atom stereocenters. The van der Waals surface area contributed by atoms with Crippen LogP contribution < -0.4 is 10.4 Å². The maximum absolute atomic E-state index is 6.24. The zero-order valence-electron chi connectivity index (χ0n) is 29.4. The second-order valence-electron chi connectivity index (χ2n) is 14.6. The summed E-state index contributed by atoms with van der Waals surface area (Å²) in [5, 5.41) is 15.5. The molecule has 0 N–H and O–H groups in total. The summed E-state index contributed by atoms with van der Waals surface area (Å²) >= 11 is 1.90. The van der Waals surface area contributed by atoms with Crippen LogP contribution in [0.5, 0.6) is 0 Å². The van der Waals surface area contributed by atoms with Crippen LogP contribution in [0.1, 0.15) is 24.0 Å². The summed E-state index contributed by atoms with van der Waals surface area (Å²) in [4.78, 5) is 0. The topological polar surface area (TPSA) is 13.1 Å². The van der Waals surface area contributed by atoms with Crippen molar-refractivity contribution in [3.63, 3.8) is 0 Å². The van der Waals surface area contributed by atoms with E-state index in [1.165, 1.54) is 107 Å². The maximum atomic E-state index is 6.24. The second kappa shape index (κ2) is 11.5. The minimum atomic E-state index is 0.942. The molecule has 252 valence electrons. The zero-order chi connectivity index (χ0) is 35.3. The molecule has 1 aliphatic rings. The summed E-state index contributed by atoms with van der Waals surface area (Å²) in [5.74, 6) is 0. The Hall–Kier alpha value is -6.48. The highest BCUT2D eigenvalue weighted by Gasteiger charge is 2.22. The second-order valence-corrected chi connectivity index (χ2v) is 15.6. The molecule has 0 saturated heterocycles. The summed E-state index contributed by atoms with van der Waals surface area (Å²) in [6.07, 6.45) is 1.96. The van der Waals surface area contributed by atoms with E-state index in [9.17, 15) is 0 Å². The first-order valence-electron chi connectivity index (χ1n) is 18.8. The fourth-order valence-corrected chi connectivity index (χ4v) is 10.7. The predicted molar refractivity (Wildman–Crippen MR) is 231 cm³/mol. The summed E-state index contributed by atoms with van der Waals surface area (Å²) in [6.45, 7) is 0. The lowest BCUT2D eigenvalue weighted by Crippen LogP contribution is -2.32. The Bertz CT molecular complexity index is 3430. The smallest absolute Gasteiger partial charge is 0.136 e. The van der Waals surface area contributed by atoms with Crippen molar-refractivity contribution in [2.24, 2.45) is 0 Å². The van der Waals surface area contributed by atoms with Gasteiger partial charge < -0.3 is 4.42 Å². The molecule has 0 spiro atoms. The van der Waals surface area contributed by atoms with Gasteiger partial charge in [0.25, 0.3) is 0 Å². The molecule has 0 fully saturated rings. The van der Waals surface area contributed by atoms with Crippen LogP contribution in [-0.4, -0.2) is 0 Å². The molecular weight excluding hydrogens is 673 g/mol. The van der Waals surface area contributed by atoms with Crippen molar-refractivity contribution in [3.05, 3.63) is 191 Å². The highest BCUT2D eigenvalue weighted by Crippen LogP contribution is 2.45. The average molecular weight is 705 g/mol. The SMILES string of the molecule is c1ccc(-c2c3ccccc3c(C3=c4ccccc4=C(c4ccc5sc6c(ccc7c6ccc6oc8ccccc8c67)c5c4)CC3)c3ccccc23)cc1. The van der Waals surface area contributed by atoms with Gasteiger partial charge in [-0.2, -0.15) is 0 Å². The van der Waals surface area contributed by atoms with E-state index in [1.54, 1.807) is 0 Å². The molecule has 12 rings (SSSR count). The van der Waals surface area contributed by atoms with Crippen molar-refractivity contribution in [2.45, 2.75) is 12.8 Å². The van der Waals surface area contributed by atoms with E-state index in [1.807, 2.05) is 17.4 Å². The van der Waals surface area contributed by atoms with Crippen LogP contribution in [-0.2, 0) is 0 Å². The zero-order valence-corrected chi connectivity index (χ0v) is 30.2. The average Bonchev–Trinajstić information content (AvgIpc) is 3.81. The van der Waals surface area contributed by atoms with Crippen molar-refractivity contribution >= 4 is 96.9 Å². The summed E-state index contributed by atoms with van der Waals surface area (Å²) in [5.41, 5.74) is 10.0. The third kappa shape index (κ3) is 4.26. The van der Waals surface area contributed by atoms with Gasteiger partial charge >= 0.3 is 0 Å². The molecule has 0 aliphatic heterocycles. The van der Waals surface area contributed by atoms with Crippen LogP contribution in [0.3, 0.4) is 0 Å². The Balaban J connectivity index is 1.09. The Kier molecular flexibility index (Phi) is 6.40. The van der Waals surface area contributed by atoms with E-state index < -0.39 is 0 Å². The minimum absolute atomic E-state index is 0.942. The molecule has 0 saturated carbocycles. The van der Waals surface area contributed by atoms with E-state index in [2.05, 4.69) is 164 Å². The van der Waals surface area contributed by atoms with Gasteiger partial charge in [0.1, 0.15) is 11.2 Å². The van der Waals surface area contributed by atoms with E-state index in [0.717, 1.165) is 24.0 Å². The number of para-hydroxylation sites is 1. The molecular formula is C52H32OS. The summed E-state index contributed by atoms with van der Waals surface area (Å²) < 4.78 is 8.91. The molecule has 11 aromatic rings. The van der Waals surface area contributed by atoms with Gasteiger partial charge in [-0.1, -0.05) is 140 Å². The molecule has 0 atom stereocenters. The minimum Gasteiger partial charge on any atom is -0.456 e. The van der Waals surface area contributed by atoms with Crippen molar-refractivity contribution in [3.8, 4) is 11.1 Å². The Morgan fingerprint density at radius 3 is 1.70 bits per heavy atom. The Morgan fingerprint density at radius 1 is 0.370 bits per heavy atom. The molecule has 0 amide bonds. The Labute approximate surface area is 315 Å². The number of furan rings is 1. The highest BCUT2D eigenvalue weighted by molar-refractivity contribution is 7.26. The number of thiophene rings is 1. The van der Waals surface area contributed by atoms with Gasteiger partial charge in [0.05, 0.1) is 0 Å². The van der Waals surface area contributed by atoms with Crippen LogP contribution in [0, 0.1) is 0 Å². The Morgan fingerprint density at radius 2 is 0.944 bits per heavy atom. The molecule has 0 radical (unpaired) electrons. The highest BCUT2D eigenvalue weighted by atomic mass is 32.1. The molecule has 0 bridgehead atoms. The number of benzene rings is 9. The fourth-order valence-electron chi connectivity index (χ4n) is 9.51. The fraction of sp³-hybridized carbons (Fsp3) is 0.0385. The normalized spacial score (nSPS) is 13.3. The molecule has 1 aliphatic carbocycles. The van der Waals surface area contributed by atoms with Crippen LogP contribution in [0.2, 0.25) is 0 Å². The first-order valence-corrected chi connectivity index (χ1v) is 19.6. The van der Waals surface area contributed by atoms with Gasteiger partial charge in [-0.3, -0.25) is 0 Å². The molecule has 9 aromatic carbocycles. The standard InChI is InChI=1S/C52H32OS/c1-2-12-31(13-3-1)49-36-16-6-8-18-38(36)50(39-19-9-7-17-37(39)49)40-24-23-33(34-14-4-5-15-35(34)40)32-22-29-48-45(30-32)43-26-25-41-42(52(43)54-48)27-28-47-51(41)44-20-10-11-21-46(44)53-47/h1-22,25-30H,23-24H2. The van der Waals surface area contributed by atoms with Gasteiger partial charge in [-0.15, -0.1) is 11.3 Å². The molecule has 1 nitrogen and oxygen atoms in total. The quantitative estimate of drug-likeness (QED) is 0.167. The first kappa shape index (κ1) is 30.0. The van der Waals surface area contributed by atoms with Crippen LogP contribution in [0.25, 0.3) is 96.7 Å². The maximum Gasteiger partial charge on any atom is 0.136 e. The molecule has 2 aromatic heterocycles. The van der Waals surface area contributed by atoms with E-state index in [4.69, 9.17) is 4.42 Å². The number of fused-ring (bicyclic) bond motifs is 12. The lowest BCUT2D eigenvalue weighted by molar-refractivity contribution is 0.669. The van der Waals surface area contributed by atoms with Gasteiger partial charge in [0.15, 0.2) is 0 Å². The van der Waals surface area contributed by atoms with Crippen LogP contribution in [0.4, 0.5) is 0 Å². The van der Waals surface area contributed by atoms with Crippen molar-refractivity contribution in [1.82, 2.24) is 0 Å². The summed E-state index contributed by atoms with van der Waals surface area (Å²) in [6, 6.07) is 62.7. The lowest BCUT2D eigenvalue weighted by Gasteiger charge is -2.22. The van der Waals surface area contributed by atoms with Gasteiger partial charge in [-0.25, -0.2) is 0 Å². The van der Waals surface area contributed by atoms with E-state index in [0.29, 0.717) is 0 Å². The number of rotatable bonds is 3. The van der Waals surface area contributed by atoms with E-state index >= 15 is 0 Å². The molecule has 2 heteroatoms. The van der Waals surface area contributed by atoms with Gasteiger partial charge in [-0.05, 0) is 114 Å². The van der Waals surface area contributed by atoms with Crippen molar-refractivity contribution < 1.29 is 4.42 Å². The predicted octanol–water partition coefficient (Wildman–Crippen LogP) is 13.3. The third-order valence-electron chi connectivity index (χ3n) is 11.8. The molecule has 2 heterocycles. The van der Waals surface area contributed by atoms with Gasteiger partial charge in [0.2, 0.25) is 0 Å². The number of hydrogen-bond donors (Lipinski definition) is 0. The third-order valence-corrected chi connectivity index (χ3v) is 13.0. The largest absolute Gasteiger partial charge is 0.456 e. The van der Waals surface area contributed by atoms with Crippen LogP contribution >= 0.6 is 11.3 Å². The molecule has 54 heavy (non-hydrogen) atoms. The first-order chi connectivity index (χ1) is 26.8.